The maximum absolute atomic E-state index is 5.65. The third-order valence-electron chi connectivity index (χ3n) is 2.21. The van der Waals surface area contributed by atoms with Gasteiger partial charge in [-0.15, -0.1) is 11.3 Å². The van der Waals surface area contributed by atoms with Gasteiger partial charge in [0.2, 0.25) is 5.82 Å². The highest BCUT2D eigenvalue weighted by Crippen LogP contribution is 2.29. The monoisotopic (exact) mass is 247 g/mol. The Morgan fingerprint density at radius 1 is 1.35 bits per heavy atom. The normalized spacial score (nSPS) is 10.9. The number of nitrogen functional groups attached to an aromatic ring is 1. The van der Waals surface area contributed by atoms with Gasteiger partial charge in [-0.1, -0.05) is 5.16 Å². The smallest absolute Gasteiger partial charge is 0.268 e. The van der Waals surface area contributed by atoms with Crippen molar-refractivity contribution in [1.82, 2.24) is 19.9 Å². The fourth-order valence-corrected chi connectivity index (χ4v) is 2.13. The van der Waals surface area contributed by atoms with Gasteiger partial charge >= 0.3 is 0 Å². The van der Waals surface area contributed by atoms with Gasteiger partial charge in [0.15, 0.2) is 0 Å². The number of aromatic nitrogens is 4. The molecule has 0 spiro atoms. The van der Waals surface area contributed by atoms with Gasteiger partial charge in [0.1, 0.15) is 5.69 Å². The van der Waals surface area contributed by atoms with Gasteiger partial charge in [0.25, 0.3) is 5.89 Å². The number of anilines is 1. The first-order valence-electron chi connectivity index (χ1n) is 4.92. The molecule has 0 fully saturated rings. The highest BCUT2D eigenvalue weighted by Gasteiger charge is 2.13. The van der Waals surface area contributed by atoms with E-state index in [1.165, 1.54) is 11.3 Å². The van der Waals surface area contributed by atoms with Crippen molar-refractivity contribution in [3.8, 4) is 22.3 Å². The van der Waals surface area contributed by atoms with E-state index in [1.807, 2.05) is 31.4 Å². The van der Waals surface area contributed by atoms with E-state index in [1.54, 1.807) is 4.68 Å². The first kappa shape index (κ1) is 10.0. The third kappa shape index (κ3) is 1.80. The Morgan fingerprint density at radius 2 is 2.24 bits per heavy atom. The SMILES string of the molecule is Cn1ccc(-c2noc(-c3ccc(N)s3)n2)n1. The fraction of sp³-hybridized carbons (Fsp3) is 0.100. The second-order valence-corrected chi connectivity index (χ2v) is 4.62. The zero-order valence-corrected chi connectivity index (χ0v) is 9.81. The molecule has 2 N–H and O–H groups in total. The molecule has 3 heterocycles. The molecular weight excluding hydrogens is 238 g/mol. The Morgan fingerprint density at radius 3 is 2.88 bits per heavy atom. The summed E-state index contributed by atoms with van der Waals surface area (Å²) >= 11 is 1.41. The van der Waals surface area contributed by atoms with Crippen LogP contribution in [0.15, 0.2) is 28.9 Å². The van der Waals surface area contributed by atoms with Crippen LogP contribution in [0.4, 0.5) is 5.00 Å². The summed E-state index contributed by atoms with van der Waals surface area (Å²) in [6.07, 6.45) is 1.83. The lowest BCUT2D eigenvalue weighted by Gasteiger charge is -1.85. The number of rotatable bonds is 2. The van der Waals surface area contributed by atoms with Gasteiger partial charge in [-0.2, -0.15) is 10.1 Å². The molecule has 17 heavy (non-hydrogen) atoms. The summed E-state index contributed by atoms with van der Waals surface area (Å²) in [5.41, 5.74) is 6.34. The number of thiophene rings is 1. The van der Waals surface area contributed by atoms with Crippen LogP contribution >= 0.6 is 11.3 Å². The quantitative estimate of drug-likeness (QED) is 0.746. The molecule has 0 atom stereocenters. The number of nitrogens with two attached hydrogens (primary N) is 1. The number of hydrogen-bond donors (Lipinski definition) is 1. The fourth-order valence-electron chi connectivity index (χ4n) is 1.43. The molecule has 0 unspecified atom stereocenters. The zero-order chi connectivity index (χ0) is 11.8. The molecule has 0 aliphatic rings. The van der Waals surface area contributed by atoms with Crippen molar-refractivity contribution in [2.75, 3.05) is 5.73 Å². The zero-order valence-electron chi connectivity index (χ0n) is 8.99. The average Bonchev–Trinajstić information content (AvgIpc) is 2.96. The summed E-state index contributed by atoms with van der Waals surface area (Å²) in [5, 5.41) is 8.81. The topological polar surface area (TPSA) is 82.8 Å². The maximum atomic E-state index is 5.65. The van der Waals surface area contributed by atoms with E-state index in [4.69, 9.17) is 10.3 Å². The second-order valence-electron chi connectivity index (χ2n) is 3.50. The first-order valence-corrected chi connectivity index (χ1v) is 5.73. The van der Waals surface area contributed by atoms with Crippen molar-refractivity contribution in [1.29, 1.82) is 0 Å². The summed E-state index contributed by atoms with van der Waals surface area (Å²) in [6.45, 7) is 0. The Hall–Kier alpha value is -2.15. The first-order chi connectivity index (χ1) is 8.22. The molecule has 0 radical (unpaired) electrons. The molecule has 0 saturated carbocycles. The van der Waals surface area contributed by atoms with Crippen LogP contribution in [0.2, 0.25) is 0 Å². The summed E-state index contributed by atoms with van der Waals surface area (Å²) in [5.74, 6) is 0.944. The maximum Gasteiger partial charge on any atom is 0.268 e. The molecule has 0 saturated heterocycles. The minimum atomic E-state index is 0.465. The third-order valence-corrected chi connectivity index (χ3v) is 3.11. The molecule has 3 aromatic heterocycles. The molecular formula is C10H9N5OS. The highest BCUT2D eigenvalue weighted by atomic mass is 32.1. The Bertz CT molecular complexity index is 598. The molecule has 0 amide bonds. The largest absolute Gasteiger partial charge is 0.391 e. The van der Waals surface area contributed by atoms with Gasteiger partial charge < -0.3 is 10.3 Å². The second kappa shape index (κ2) is 3.70. The Labute approximate surface area is 101 Å². The molecule has 0 aliphatic carbocycles. The van der Waals surface area contributed by atoms with E-state index in [0.717, 1.165) is 9.88 Å². The van der Waals surface area contributed by atoms with Crippen molar-refractivity contribution < 1.29 is 4.52 Å². The summed E-state index contributed by atoms with van der Waals surface area (Å²) in [6, 6.07) is 5.50. The highest BCUT2D eigenvalue weighted by molar-refractivity contribution is 7.19. The minimum absolute atomic E-state index is 0.465. The van der Waals surface area contributed by atoms with Crippen LogP contribution in [0.5, 0.6) is 0 Å². The molecule has 0 bridgehead atoms. The minimum Gasteiger partial charge on any atom is -0.391 e. The molecule has 3 rings (SSSR count). The number of nitrogens with zero attached hydrogens (tertiary/aromatic N) is 4. The van der Waals surface area contributed by atoms with Gasteiger partial charge in [0, 0.05) is 13.2 Å². The lowest BCUT2D eigenvalue weighted by molar-refractivity contribution is 0.433. The van der Waals surface area contributed by atoms with E-state index >= 15 is 0 Å². The van der Waals surface area contributed by atoms with Crippen LogP contribution in [0.25, 0.3) is 22.3 Å². The van der Waals surface area contributed by atoms with E-state index in [9.17, 15) is 0 Å². The molecule has 3 aromatic rings. The van der Waals surface area contributed by atoms with Gasteiger partial charge in [-0.05, 0) is 18.2 Å². The molecule has 6 nitrogen and oxygen atoms in total. The predicted octanol–water partition coefficient (Wildman–Crippen LogP) is 1.78. The van der Waals surface area contributed by atoms with Crippen molar-refractivity contribution in [3.63, 3.8) is 0 Å². The predicted molar refractivity (Wildman–Crippen MR) is 64.2 cm³/mol. The number of aryl methyl sites for hydroxylation is 1. The van der Waals surface area contributed by atoms with Crippen LogP contribution in [-0.4, -0.2) is 19.9 Å². The van der Waals surface area contributed by atoms with Crippen molar-refractivity contribution in [2.24, 2.45) is 7.05 Å². The van der Waals surface area contributed by atoms with Crippen molar-refractivity contribution in [2.45, 2.75) is 0 Å². The van der Waals surface area contributed by atoms with Crippen LogP contribution in [0.1, 0.15) is 0 Å². The molecule has 0 aliphatic heterocycles. The average molecular weight is 247 g/mol. The van der Waals surface area contributed by atoms with Crippen LogP contribution in [0.3, 0.4) is 0 Å². The lowest BCUT2D eigenvalue weighted by atomic mass is 10.4. The summed E-state index contributed by atoms with van der Waals surface area (Å²) < 4.78 is 6.86. The Balaban J connectivity index is 1.98. The van der Waals surface area contributed by atoms with E-state index in [0.29, 0.717) is 17.4 Å². The van der Waals surface area contributed by atoms with Crippen molar-refractivity contribution in [3.05, 3.63) is 24.4 Å². The van der Waals surface area contributed by atoms with Crippen LogP contribution in [-0.2, 0) is 7.05 Å². The number of hydrogen-bond acceptors (Lipinski definition) is 6. The summed E-state index contributed by atoms with van der Waals surface area (Å²) in [7, 11) is 1.84. The van der Waals surface area contributed by atoms with Crippen LogP contribution < -0.4 is 5.73 Å². The summed E-state index contributed by atoms with van der Waals surface area (Å²) in [4.78, 5) is 5.14. The molecule has 86 valence electrons. The Kier molecular flexibility index (Phi) is 2.19. The van der Waals surface area contributed by atoms with Crippen molar-refractivity contribution >= 4 is 16.3 Å². The van der Waals surface area contributed by atoms with Gasteiger partial charge in [-0.25, -0.2) is 0 Å². The molecule has 7 heteroatoms. The van der Waals surface area contributed by atoms with Gasteiger partial charge in [0.05, 0.1) is 9.88 Å². The molecule has 0 aromatic carbocycles. The van der Waals surface area contributed by atoms with Crippen LogP contribution in [0, 0.1) is 0 Å². The standard InChI is InChI=1S/C10H9N5OS/c1-15-5-4-6(13-15)9-12-10(16-14-9)7-2-3-8(11)17-7/h2-5H,11H2,1H3. The van der Waals surface area contributed by atoms with E-state index < -0.39 is 0 Å². The lowest BCUT2D eigenvalue weighted by Crippen LogP contribution is -1.88. The van der Waals surface area contributed by atoms with E-state index in [-0.39, 0.29) is 0 Å². The van der Waals surface area contributed by atoms with Gasteiger partial charge in [-0.3, -0.25) is 4.68 Å². The van der Waals surface area contributed by atoms with E-state index in [2.05, 4.69) is 15.2 Å².